The molecule has 4 aromatic rings. The number of carbonyl (C=O) groups is 4. The highest BCUT2D eigenvalue weighted by atomic mass is 19.1. The van der Waals surface area contributed by atoms with E-state index in [0.29, 0.717) is 5.52 Å². The predicted octanol–water partition coefficient (Wildman–Crippen LogP) is 3.93. The predicted molar refractivity (Wildman–Crippen MR) is 148 cm³/mol. The molecule has 214 valence electrons. The third kappa shape index (κ3) is 5.31. The van der Waals surface area contributed by atoms with Crippen molar-refractivity contribution in [3.05, 3.63) is 84.2 Å². The van der Waals surface area contributed by atoms with Crippen molar-refractivity contribution in [2.24, 2.45) is 5.92 Å². The van der Waals surface area contributed by atoms with Gasteiger partial charge in [-0.05, 0) is 55.5 Å². The molecule has 1 aliphatic heterocycles. The number of nitrogens with one attached hydrogen (secondary N) is 1. The van der Waals surface area contributed by atoms with Crippen LogP contribution in [0.25, 0.3) is 5.52 Å². The minimum absolute atomic E-state index is 0.0327. The number of hydrogen-bond acceptors (Lipinski definition) is 6. The molecule has 11 nitrogen and oxygen atoms in total. The summed E-state index contributed by atoms with van der Waals surface area (Å²) < 4.78 is 37.0. The van der Waals surface area contributed by atoms with Crippen molar-refractivity contribution < 1.29 is 37.3 Å². The van der Waals surface area contributed by atoms with Crippen LogP contribution in [0, 0.1) is 17.6 Å². The summed E-state index contributed by atoms with van der Waals surface area (Å²) in [4.78, 5) is 53.9. The van der Waals surface area contributed by atoms with Crippen molar-refractivity contribution in [1.29, 1.82) is 0 Å². The Balaban J connectivity index is 1.38. The molecule has 0 bridgehead atoms. The third-order valence-electron chi connectivity index (χ3n) is 6.50. The lowest BCUT2D eigenvalue weighted by Crippen LogP contribution is -2.54. The van der Waals surface area contributed by atoms with Crippen LogP contribution in [-0.2, 0) is 9.59 Å². The Kier molecular flexibility index (Phi) is 7.49. The molecule has 3 heterocycles. The van der Waals surface area contributed by atoms with E-state index in [9.17, 15) is 23.6 Å². The maximum atomic E-state index is 15.2. The average Bonchev–Trinajstić information content (AvgIpc) is 3.44. The van der Waals surface area contributed by atoms with E-state index in [0.717, 1.165) is 23.1 Å². The Morgan fingerprint density at radius 1 is 1.05 bits per heavy atom. The second-order valence-corrected chi connectivity index (χ2v) is 9.54. The smallest absolute Gasteiger partial charge is 0.452 e. The molecule has 0 fully saturated rings. The van der Waals surface area contributed by atoms with E-state index in [1.807, 2.05) is 0 Å². The lowest BCUT2D eigenvalue weighted by Gasteiger charge is -2.22. The van der Waals surface area contributed by atoms with Gasteiger partial charge in [0.05, 0.1) is 24.5 Å². The Morgan fingerprint density at radius 3 is 2.45 bits per heavy atom. The van der Waals surface area contributed by atoms with Gasteiger partial charge in [0.25, 0.3) is 5.91 Å². The summed E-state index contributed by atoms with van der Waals surface area (Å²) in [5, 5.41) is 6.64. The summed E-state index contributed by atoms with van der Waals surface area (Å²) in [6.45, 7) is 1.83. The first-order valence-corrected chi connectivity index (χ1v) is 12.8. The van der Waals surface area contributed by atoms with E-state index in [-0.39, 0.29) is 40.9 Å². The number of anilines is 2. The van der Waals surface area contributed by atoms with Gasteiger partial charge in [0, 0.05) is 32.0 Å². The number of rotatable bonds is 7. The fourth-order valence-corrected chi connectivity index (χ4v) is 4.37. The van der Waals surface area contributed by atoms with Gasteiger partial charge in [-0.1, -0.05) is 0 Å². The third-order valence-corrected chi connectivity index (χ3v) is 6.50. The molecule has 1 N–H and O–H groups in total. The quantitative estimate of drug-likeness (QED) is 0.264. The fourth-order valence-electron chi connectivity index (χ4n) is 4.37. The van der Waals surface area contributed by atoms with Crippen LogP contribution in [-0.4, -0.2) is 69.7 Å². The topological polar surface area (TPSA) is 116 Å². The molecule has 13 heteroatoms. The van der Waals surface area contributed by atoms with Crippen LogP contribution in [0.2, 0.25) is 0 Å². The van der Waals surface area contributed by atoms with Crippen LogP contribution in [0.5, 0.6) is 11.5 Å². The lowest BCUT2D eigenvalue weighted by molar-refractivity contribution is -0.419. The zero-order chi connectivity index (χ0) is 30.1. The molecule has 2 aromatic carbocycles. The maximum absolute atomic E-state index is 15.2. The molecule has 2 aromatic heterocycles. The van der Waals surface area contributed by atoms with E-state index in [1.165, 1.54) is 62.9 Å². The maximum Gasteiger partial charge on any atom is 0.505 e. The minimum Gasteiger partial charge on any atom is -0.452 e. The highest BCUT2D eigenvalue weighted by Gasteiger charge is 2.47. The van der Waals surface area contributed by atoms with Gasteiger partial charge in [0.2, 0.25) is 5.91 Å². The highest BCUT2D eigenvalue weighted by molar-refractivity contribution is 6.28. The Hall–Kier alpha value is -5.46. The number of imide groups is 1. The molecule has 0 spiro atoms. The molecule has 5 rings (SSSR count). The zero-order valence-electron chi connectivity index (χ0n) is 22.7. The summed E-state index contributed by atoms with van der Waals surface area (Å²) in [5.41, 5.74) is 0.907. The monoisotopic (exact) mass is 575 g/mol. The van der Waals surface area contributed by atoms with Crippen molar-refractivity contribution >= 4 is 46.9 Å². The van der Waals surface area contributed by atoms with Gasteiger partial charge in [-0.15, -0.1) is 4.90 Å². The normalized spacial score (nSPS) is 15.0. The van der Waals surface area contributed by atoms with Crippen molar-refractivity contribution in [1.82, 2.24) is 14.5 Å². The molecule has 1 aliphatic rings. The van der Waals surface area contributed by atoms with Crippen LogP contribution in [0.3, 0.4) is 0 Å². The molecule has 0 radical (unpaired) electrons. The second-order valence-electron chi connectivity index (χ2n) is 9.54. The average molecular weight is 576 g/mol. The van der Waals surface area contributed by atoms with Crippen molar-refractivity contribution in [3.63, 3.8) is 0 Å². The molecule has 1 atom stereocenters. The zero-order valence-corrected chi connectivity index (χ0v) is 22.7. The van der Waals surface area contributed by atoms with Crippen LogP contribution < -0.4 is 15.0 Å². The van der Waals surface area contributed by atoms with Gasteiger partial charge in [-0.25, -0.2) is 22.7 Å². The highest BCUT2D eigenvalue weighted by Crippen LogP contribution is 2.31. The summed E-state index contributed by atoms with van der Waals surface area (Å²) in [6, 6.07) is 10.8. The number of carbonyl (C=O) groups excluding carboxylic acids is 4. The largest absolute Gasteiger partial charge is 0.505 e. The number of amides is 5. The molecule has 0 saturated heterocycles. The Morgan fingerprint density at radius 2 is 1.79 bits per heavy atom. The molecule has 5 amide bonds. The van der Waals surface area contributed by atoms with Gasteiger partial charge in [-0.3, -0.25) is 9.59 Å². The van der Waals surface area contributed by atoms with Crippen molar-refractivity contribution in [2.75, 3.05) is 30.9 Å². The van der Waals surface area contributed by atoms with E-state index in [4.69, 9.17) is 4.74 Å². The number of urea groups is 1. The lowest BCUT2D eigenvalue weighted by atomic mass is 10.1. The number of ether oxygens (including phenoxy) is 1. The van der Waals surface area contributed by atoms with Crippen LogP contribution in [0.4, 0.5) is 25.0 Å². The van der Waals surface area contributed by atoms with Gasteiger partial charge >= 0.3 is 11.9 Å². The van der Waals surface area contributed by atoms with Crippen molar-refractivity contribution in [3.8, 4) is 11.5 Å². The Labute approximate surface area is 238 Å². The summed E-state index contributed by atoms with van der Waals surface area (Å²) >= 11 is 0. The van der Waals surface area contributed by atoms with Crippen LogP contribution in [0.1, 0.15) is 17.3 Å². The van der Waals surface area contributed by atoms with Gasteiger partial charge in [-0.2, -0.15) is 9.89 Å². The second kappa shape index (κ2) is 11.2. The van der Waals surface area contributed by atoms with E-state index in [1.54, 1.807) is 27.1 Å². The summed E-state index contributed by atoms with van der Waals surface area (Å²) in [6.07, 6.45) is 4.25. The number of pyridine rings is 1. The summed E-state index contributed by atoms with van der Waals surface area (Å²) in [7, 11) is 3.19. The van der Waals surface area contributed by atoms with Crippen molar-refractivity contribution in [2.45, 2.75) is 6.92 Å². The fraction of sp³-hybridized carbons (Fsp3) is 0.172. The minimum atomic E-state index is -1.42. The molecular formula is C29H25F2N6O5+. The number of fused-ring (bicyclic) bond motifs is 1. The first-order valence-electron chi connectivity index (χ1n) is 12.8. The molecule has 1 unspecified atom stereocenters. The molecule has 42 heavy (non-hydrogen) atoms. The number of benzene rings is 2. The molecular weight excluding hydrogens is 550 g/mol. The van der Waals surface area contributed by atoms with Gasteiger partial charge in [0.15, 0.2) is 23.2 Å². The number of hydrogen-bond donors (Lipinski definition) is 1. The number of nitrogens with zero attached hydrogens (tertiary/aromatic N) is 5. The van der Waals surface area contributed by atoms with Gasteiger partial charge in [0.1, 0.15) is 17.0 Å². The van der Waals surface area contributed by atoms with Gasteiger partial charge < -0.3 is 15.0 Å². The van der Waals surface area contributed by atoms with Crippen LogP contribution >= 0.6 is 0 Å². The van der Waals surface area contributed by atoms with Crippen LogP contribution in [0.15, 0.2) is 67.0 Å². The first kappa shape index (κ1) is 28.1. The molecule has 0 aliphatic carbocycles. The van der Waals surface area contributed by atoms with E-state index in [2.05, 4.69) is 10.4 Å². The number of halogens is 2. The SMILES string of the molecule is CC[N+]1=CC(C(=O)Nc2ccc(Oc3cc(C(=O)N(C)C)cn4nccc34)c(F)c2)C(=O)N(c2ccc(F)cc2)C1=O. The number of aromatic nitrogens is 2. The Bertz CT molecular complexity index is 1770. The molecule has 0 saturated carbocycles. The van der Waals surface area contributed by atoms with E-state index < -0.39 is 35.4 Å². The summed E-state index contributed by atoms with van der Waals surface area (Å²) in [5.74, 6) is -4.74. The standard InChI is InChI=1S/C29H24F2N6O5/c1-4-35-16-21(28(40)37(29(35)41)20-8-5-18(30)6-9-20)26(38)33-19-7-10-24(22(31)14-19)42-25-13-17(27(39)34(2)3)15-36-23(25)11-12-32-36/h5-16,21H,4H2,1-3H3/p+1. The first-order chi connectivity index (χ1) is 20.1. The van der Waals surface area contributed by atoms with E-state index >= 15 is 4.39 Å².